The summed E-state index contributed by atoms with van der Waals surface area (Å²) in [5.74, 6) is -0.0473. The van der Waals surface area contributed by atoms with Crippen LogP contribution in [0.4, 0.5) is 11.4 Å². The normalized spacial score (nSPS) is 14.3. The Bertz CT molecular complexity index is 1040. The largest absolute Gasteiger partial charge is 0.378 e. The maximum Gasteiger partial charge on any atom is 0.272 e. The number of aryl methyl sites for hydroxylation is 3. The van der Waals surface area contributed by atoms with Crippen LogP contribution in [0.5, 0.6) is 0 Å². The molecule has 1 aliphatic heterocycles. The van der Waals surface area contributed by atoms with E-state index in [9.17, 15) is 4.79 Å². The number of hydrogen-bond acceptors (Lipinski definition) is 4. The highest BCUT2D eigenvalue weighted by molar-refractivity contribution is 6.00. The first-order valence-corrected chi connectivity index (χ1v) is 9.64. The maximum atomic E-state index is 13.0. The van der Waals surface area contributed by atoms with Crippen LogP contribution < -0.4 is 5.32 Å². The number of benzene rings is 2. The molecule has 1 N–H and O–H groups in total. The number of rotatable bonds is 3. The van der Waals surface area contributed by atoms with Crippen molar-refractivity contribution in [3.8, 4) is 0 Å². The van der Waals surface area contributed by atoms with Crippen LogP contribution in [0.1, 0.15) is 27.2 Å². The van der Waals surface area contributed by atoms with Crippen molar-refractivity contribution < 1.29 is 9.53 Å². The van der Waals surface area contributed by atoms with Gasteiger partial charge in [0.25, 0.3) is 5.91 Å². The second-order valence-electron chi connectivity index (χ2n) is 7.40. The van der Waals surface area contributed by atoms with Gasteiger partial charge in [0, 0.05) is 24.2 Å². The quantitative estimate of drug-likeness (QED) is 0.738. The fourth-order valence-electron chi connectivity index (χ4n) is 3.46. The van der Waals surface area contributed by atoms with E-state index in [1.165, 1.54) is 11.1 Å². The molecule has 0 radical (unpaired) electrons. The van der Waals surface area contributed by atoms with Crippen molar-refractivity contribution in [2.24, 2.45) is 0 Å². The summed E-state index contributed by atoms with van der Waals surface area (Å²) in [5.41, 5.74) is 6.81. The Morgan fingerprint density at radius 3 is 2.54 bits per heavy atom. The highest BCUT2D eigenvalue weighted by Gasteiger charge is 2.21. The van der Waals surface area contributed by atoms with Crippen molar-refractivity contribution in [2.45, 2.75) is 20.8 Å². The van der Waals surface area contributed by atoms with E-state index in [2.05, 4.69) is 55.3 Å². The van der Waals surface area contributed by atoms with Crippen LogP contribution >= 0.6 is 0 Å². The van der Waals surface area contributed by atoms with Crippen molar-refractivity contribution in [3.63, 3.8) is 0 Å². The van der Waals surface area contributed by atoms with Crippen LogP contribution in [0.15, 0.2) is 42.5 Å². The Labute approximate surface area is 165 Å². The van der Waals surface area contributed by atoms with Gasteiger partial charge in [0.15, 0.2) is 0 Å². The number of nitrogens with zero attached hydrogens (tertiary/aromatic N) is 2. The molecule has 1 aliphatic rings. The molecule has 5 nitrogen and oxygen atoms in total. The summed E-state index contributed by atoms with van der Waals surface area (Å²) in [4.78, 5) is 19.5. The number of carbonyl (C=O) groups excluding carboxylic acids is 1. The number of fused-ring (bicyclic) bond motifs is 1. The average Bonchev–Trinajstić information content (AvgIpc) is 2.71. The number of anilines is 2. The van der Waals surface area contributed by atoms with Crippen LogP contribution in [0.3, 0.4) is 0 Å². The number of aromatic nitrogens is 1. The minimum absolute atomic E-state index is 0.0473. The van der Waals surface area contributed by atoms with Gasteiger partial charge in [-0.1, -0.05) is 17.7 Å². The molecule has 1 fully saturated rings. The van der Waals surface area contributed by atoms with Gasteiger partial charge in [-0.15, -0.1) is 0 Å². The van der Waals surface area contributed by atoms with Crippen LogP contribution in [0, 0.1) is 20.8 Å². The van der Waals surface area contributed by atoms with Gasteiger partial charge in [0.1, 0.15) is 5.69 Å². The van der Waals surface area contributed by atoms with E-state index >= 15 is 0 Å². The van der Waals surface area contributed by atoms with Gasteiger partial charge in [-0.2, -0.15) is 0 Å². The zero-order valence-electron chi connectivity index (χ0n) is 16.6. The van der Waals surface area contributed by atoms with Gasteiger partial charge >= 0.3 is 0 Å². The molecule has 0 saturated carbocycles. The first-order chi connectivity index (χ1) is 13.5. The molecule has 0 unspecified atom stereocenters. The molecule has 5 heteroatoms. The smallest absolute Gasteiger partial charge is 0.272 e. The topological polar surface area (TPSA) is 54.5 Å². The lowest BCUT2D eigenvalue weighted by Crippen LogP contribution is -2.41. The lowest BCUT2D eigenvalue weighted by atomic mass is 10.1. The molecule has 1 aromatic heterocycles. The van der Waals surface area contributed by atoms with Crippen molar-refractivity contribution in [1.29, 1.82) is 0 Å². The predicted octanol–water partition coefficient (Wildman–Crippen LogP) is 4.38. The second kappa shape index (κ2) is 7.60. The van der Waals surface area contributed by atoms with E-state index in [-0.39, 0.29) is 5.91 Å². The second-order valence-corrected chi connectivity index (χ2v) is 7.40. The Hall–Kier alpha value is -2.92. The number of ether oxygens (including phenoxy) is 1. The van der Waals surface area contributed by atoms with Gasteiger partial charge in [-0.3, -0.25) is 4.79 Å². The molecule has 1 saturated heterocycles. The Morgan fingerprint density at radius 1 is 1.00 bits per heavy atom. The van der Waals surface area contributed by atoms with Gasteiger partial charge in [0.2, 0.25) is 0 Å². The molecule has 2 aromatic carbocycles. The third-order valence-electron chi connectivity index (χ3n) is 5.27. The van der Waals surface area contributed by atoms with Crippen molar-refractivity contribution in [3.05, 3.63) is 64.8 Å². The lowest BCUT2D eigenvalue weighted by molar-refractivity contribution is 0.0299. The molecule has 144 valence electrons. The third-order valence-corrected chi connectivity index (χ3v) is 5.27. The zero-order chi connectivity index (χ0) is 19.7. The van der Waals surface area contributed by atoms with Crippen molar-refractivity contribution in [2.75, 3.05) is 31.6 Å². The molecule has 0 spiro atoms. The fourth-order valence-corrected chi connectivity index (χ4v) is 3.46. The van der Waals surface area contributed by atoms with E-state index in [4.69, 9.17) is 4.74 Å². The molecule has 0 bridgehead atoms. The van der Waals surface area contributed by atoms with E-state index < -0.39 is 0 Å². The Kier molecular flexibility index (Phi) is 5.01. The third kappa shape index (κ3) is 3.71. The molecule has 0 aliphatic carbocycles. The number of morpholine rings is 1. The first kappa shape index (κ1) is 18.4. The summed E-state index contributed by atoms with van der Waals surface area (Å²) in [6.07, 6.45) is 0. The molecule has 2 heterocycles. The number of nitrogens with one attached hydrogen (secondary N) is 1. The minimum Gasteiger partial charge on any atom is -0.378 e. The summed E-state index contributed by atoms with van der Waals surface area (Å²) < 4.78 is 5.37. The standard InChI is InChI=1S/C23H25N3O2/c1-15-4-7-20-19(12-15)21(24-18-6-5-16(2)17(3)13-18)14-22(25-20)23(27)26-8-10-28-11-9-26/h4-7,12-14H,8-11H2,1-3H3,(H,24,25). The van der Waals surface area contributed by atoms with Crippen molar-refractivity contribution in [1.82, 2.24) is 9.88 Å². The molecule has 0 atom stereocenters. The molecule has 1 amide bonds. The molecular formula is C23H25N3O2. The maximum absolute atomic E-state index is 13.0. The zero-order valence-corrected chi connectivity index (χ0v) is 16.6. The van der Waals surface area contributed by atoms with Gasteiger partial charge in [-0.25, -0.2) is 4.98 Å². The molecule has 28 heavy (non-hydrogen) atoms. The summed E-state index contributed by atoms with van der Waals surface area (Å²) in [5, 5.41) is 4.52. The summed E-state index contributed by atoms with van der Waals surface area (Å²) in [6.45, 7) is 8.62. The average molecular weight is 375 g/mol. The van der Waals surface area contributed by atoms with Crippen LogP contribution in [-0.4, -0.2) is 42.1 Å². The molecule has 4 rings (SSSR count). The molecular weight excluding hydrogens is 350 g/mol. The molecule has 3 aromatic rings. The number of hydrogen-bond donors (Lipinski definition) is 1. The Balaban J connectivity index is 1.77. The number of carbonyl (C=O) groups is 1. The Morgan fingerprint density at radius 2 is 1.79 bits per heavy atom. The van der Waals surface area contributed by atoms with Crippen LogP contribution in [-0.2, 0) is 4.74 Å². The lowest BCUT2D eigenvalue weighted by Gasteiger charge is -2.26. The first-order valence-electron chi connectivity index (χ1n) is 9.64. The summed E-state index contributed by atoms with van der Waals surface area (Å²) >= 11 is 0. The van der Waals surface area contributed by atoms with Crippen LogP contribution in [0.25, 0.3) is 10.9 Å². The van der Waals surface area contributed by atoms with Crippen molar-refractivity contribution >= 4 is 28.2 Å². The van der Waals surface area contributed by atoms with E-state index in [1.54, 1.807) is 0 Å². The van der Waals surface area contributed by atoms with Gasteiger partial charge in [0.05, 0.1) is 24.4 Å². The monoisotopic (exact) mass is 375 g/mol. The van der Waals surface area contributed by atoms with E-state index in [0.29, 0.717) is 32.0 Å². The predicted molar refractivity (Wildman–Crippen MR) is 112 cm³/mol. The number of pyridine rings is 1. The van der Waals surface area contributed by atoms with E-state index in [1.807, 2.05) is 23.1 Å². The highest BCUT2D eigenvalue weighted by Crippen LogP contribution is 2.29. The van der Waals surface area contributed by atoms with E-state index in [0.717, 1.165) is 27.8 Å². The van der Waals surface area contributed by atoms with Gasteiger partial charge < -0.3 is 15.0 Å². The SMILES string of the molecule is Cc1ccc2nc(C(=O)N3CCOCC3)cc(Nc3ccc(C)c(C)c3)c2c1. The summed E-state index contributed by atoms with van der Waals surface area (Å²) in [7, 11) is 0. The fraction of sp³-hybridized carbons (Fsp3) is 0.304. The van der Waals surface area contributed by atoms with Gasteiger partial charge in [-0.05, 0) is 62.2 Å². The number of amides is 1. The summed E-state index contributed by atoms with van der Waals surface area (Å²) in [6, 6.07) is 14.3. The van der Waals surface area contributed by atoms with Crippen LogP contribution in [0.2, 0.25) is 0 Å². The minimum atomic E-state index is -0.0473. The highest BCUT2D eigenvalue weighted by atomic mass is 16.5.